The Morgan fingerprint density at radius 3 is 2.41 bits per heavy atom. The molecule has 1 aromatic carbocycles. The zero-order valence-electron chi connectivity index (χ0n) is 11.4. The summed E-state index contributed by atoms with van der Waals surface area (Å²) in [6.45, 7) is 0. The summed E-state index contributed by atoms with van der Waals surface area (Å²) in [4.78, 5) is 12.1. The SMILES string of the molecule is N#CC1(c2ccc(C(=O)NS(=O)(=O)c3ccsc3)cc2)CC1. The third kappa shape index (κ3) is 2.63. The third-order valence-corrected chi connectivity index (χ3v) is 5.86. The highest BCUT2D eigenvalue weighted by atomic mass is 32.2. The summed E-state index contributed by atoms with van der Waals surface area (Å²) in [5.41, 5.74) is 0.695. The van der Waals surface area contributed by atoms with E-state index in [1.54, 1.807) is 29.6 Å². The maximum absolute atomic E-state index is 12.0. The van der Waals surface area contributed by atoms with Crippen LogP contribution in [0.25, 0.3) is 0 Å². The Morgan fingerprint density at radius 2 is 1.91 bits per heavy atom. The number of hydrogen-bond donors (Lipinski definition) is 1. The topological polar surface area (TPSA) is 87.0 Å². The van der Waals surface area contributed by atoms with Crippen molar-refractivity contribution in [1.82, 2.24) is 4.72 Å². The molecule has 1 fully saturated rings. The van der Waals surface area contributed by atoms with Gasteiger partial charge in [-0.15, -0.1) is 0 Å². The molecule has 0 aliphatic heterocycles. The predicted octanol–water partition coefficient (Wildman–Crippen LogP) is 2.42. The number of hydrogen-bond acceptors (Lipinski definition) is 5. The summed E-state index contributed by atoms with van der Waals surface area (Å²) >= 11 is 1.24. The second-order valence-electron chi connectivity index (χ2n) is 5.16. The van der Waals surface area contributed by atoms with Gasteiger partial charge in [0.1, 0.15) is 0 Å². The number of carbonyl (C=O) groups is 1. The smallest absolute Gasteiger partial charge is 0.265 e. The zero-order valence-corrected chi connectivity index (χ0v) is 13.1. The lowest BCUT2D eigenvalue weighted by atomic mass is 9.97. The Hall–Kier alpha value is -2.17. The molecule has 0 saturated heterocycles. The van der Waals surface area contributed by atoms with Crippen LogP contribution in [0.5, 0.6) is 0 Å². The van der Waals surface area contributed by atoms with E-state index >= 15 is 0 Å². The maximum Gasteiger partial charge on any atom is 0.265 e. The standard InChI is InChI=1S/C15H12N2O3S2/c16-10-15(6-7-15)12-3-1-11(2-4-12)14(18)17-22(19,20)13-5-8-21-9-13/h1-5,8-9H,6-7H2,(H,17,18). The average Bonchev–Trinajstić information content (AvgIpc) is 3.10. The molecule has 1 N–H and O–H groups in total. The summed E-state index contributed by atoms with van der Waals surface area (Å²) in [6, 6.07) is 10.2. The molecule has 1 aromatic heterocycles. The minimum absolute atomic E-state index is 0.0730. The summed E-state index contributed by atoms with van der Waals surface area (Å²) < 4.78 is 26.0. The molecule has 7 heteroatoms. The van der Waals surface area contributed by atoms with Crippen LogP contribution >= 0.6 is 11.3 Å². The lowest BCUT2D eigenvalue weighted by Crippen LogP contribution is -2.30. The Balaban J connectivity index is 1.78. The lowest BCUT2D eigenvalue weighted by molar-refractivity contribution is 0.0981. The zero-order chi connectivity index (χ0) is 15.8. The second-order valence-corrected chi connectivity index (χ2v) is 7.63. The summed E-state index contributed by atoms with van der Waals surface area (Å²) in [5, 5.41) is 12.2. The van der Waals surface area contributed by atoms with Crippen LogP contribution in [0.2, 0.25) is 0 Å². The van der Waals surface area contributed by atoms with Gasteiger partial charge in [-0.3, -0.25) is 4.79 Å². The van der Waals surface area contributed by atoms with E-state index in [1.165, 1.54) is 22.8 Å². The molecule has 0 bridgehead atoms. The highest BCUT2D eigenvalue weighted by Gasteiger charge is 2.44. The van der Waals surface area contributed by atoms with Crippen molar-refractivity contribution >= 4 is 27.3 Å². The Morgan fingerprint density at radius 1 is 1.23 bits per heavy atom. The highest BCUT2D eigenvalue weighted by molar-refractivity contribution is 7.90. The van der Waals surface area contributed by atoms with E-state index in [1.807, 2.05) is 4.72 Å². The van der Waals surface area contributed by atoms with E-state index in [9.17, 15) is 13.2 Å². The van der Waals surface area contributed by atoms with Crippen molar-refractivity contribution in [3.8, 4) is 6.07 Å². The molecule has 1 aliphatic rings. The first kappa shape index (κ1) is 14.8. The fraction of sp³-hybridized carbons (Fsp3) is 0.200. The lowest BCUT2D eigenvalue weighted by Gasteiger charge is -2.08. The van der Waals surface area contributed by atoms with Crippen LogP contribution < -0.4 is 4.72 Å². The molecule has 0 atom stereocenters. The van der Waals surface area contributed by atoms with E-state index in [0.717, 1.165) is 18.4 Å². The van der Waals surface area contributed by atoms with Crippen LogP contribution in [0.1, 0.15) is 28.8 Å². The van der Waals surface area contributed by atoms with Crippen molar-refractivity contribution < 1.29 is 13.2 Å². The van der Waals surface area contributed by atoms with Crippen molar-refractivity contribution in [3.05, 3.63) is 52.2 Å². The Bertz CT molecular complexity index is 843. The first-order chi connectivity index (χ1) is 10.5. The minimum Gasteiger partial charge on any atom is -0.268 e. The number of rotatable bonds is 4. The highest BCUT2D eigenvalue weighted by Crippen LogP contribution is 2.47. The normalized spacial score (nSPS) is 15.8. The second kappa shape index (κ2) is 5.23. The van der Waals surface area contributed by atoms with Crippen LogP contribution in [0, 0.1) is 11.3 Å². The number of nitrogens with zero attached hydrogens (tertiary/aromatic N) is 1. The molecule has 0 radical (unpaired) electrons. The van der Waals surface area contributed by atoms with Gasteiger partial charge in [0.05, 0.1) is 16.4 Å². The summed E-state index contributed by atoms with van der Waals surface area (Å²) in [6.07, 6.45) is 1.64. The molecule has 1 amide bonds. The molecule has 2 aromatic rings. The van der Waals surface area contributed by atoms with Gasteiger partial charge in [0.25, 0.3) is 15.9 Å². The van der Waals surface area contributed by atoms with Gasteiger partial charge in [0.2, 0.25) is 0 Å². The number of amides is 1. The predicted molar refractivity (Wildman–Crippen MR) is 81.9 cm³/mol. The van der Waals surface area contributed by atoms with Gasteiger partial charge in [0.15, 0.2) is 0 Å². The number of carbonyl (C=O) groups excluding carboxylic acids is 1. The molecule has 3 rings (SSSR count). The molecule has 0 spiro atoms. The quantitative estimate of drug-likeness (QED) is 0.931. The van der Waals surface area contributed by atoms with E-state index in [4.69, 9.17) is 5.26 Å². The number of nitriles is 1. The van der Waals surface area contributed by atoms with Crippen LogP contribution in [0.15, 0.2) is 46.0 Å². The molecular formula is C15H12N2O3S2. The maximum atomic E-state index is 12.0. The average molecular weight is 332 g/mol. The fourth-order valence-corrected chi connectivity index (χ4v) is 4.18. The van der Waals surface area contributed by atoms with Crippen LogP contribution in [-0.2, 0) is 15.4 Å². The van der Waals surface area contributed by atoms with E-state index in [0.29, 0.717) is 0 Å². The van der Waals surface area contributed by atoms with Crippen LogP contribution in [0.4, 0.5) is 0 Å². The summed E-state index contributed by atoms with van der Waals surface area (Å²) in [7, 11) is -3.84. The molecule has 5 nitrogen and oxygen atoms in total. The van der Waals surface area contributed by atoms with E-state index in [2.05, 4.69) is 6.07 Å². The molecular weight excluding hydrogens is 320 g/mol. The van der Waals surface area contributed by atoms with Gasteiger partial charge in [-0.2, -0.15) is 16.6 Å². The van der Waals surface area contributed by atoms with Crippen molar-refractivity contribution in [3.63, 3.8) is 0 Å². The van der Waals surface area contributed by atoms with Gasteiger partial charge in [0, 0.05) is 10.9 Å². The Kier molecular flexibility index (Phi) is 3.51. The first-order valence-electron chi connectivity index (χ1n) is 6.58. The van der Waals surface area contributed by atoms with Crippen LogP contribution in [-0.4, -0.2) is 14.3 Å². The third-order valence-electron chi connectivity index (χ3n) is 3.70. The monoisotopic (exact) mass is 332 g/mol. The van der Waals surface area contributed by atoms with Crippen molar-refractivity contribution in [2.24, 2.45) is 0 Å². The van der Waals surface area contributed by atoms with Crippen molar-refractivity contribution in [2.45, 2.75) is 23.2 Å². The van der Waals surface area contributed by atoms with Gasteiger partial charge in [-0.1, -0.05) is 12.1 Å². The summed E-state index contributed by atoms with van der Waals surface area (Å²) in [5.74, 6) is -0.681. The Labute approximate surface area is 132 Å². The number of thiophene rings is 1. The van der Waals surface area contributed by atoms with Gasteiger partial charge >= 0.3 is 0 Å². The molecule has 1 heterocycles. The van der Waals surface area contributed by atoms with Crippen LogP contribution in [0.3, 0.4) is 0 Å². The number of nitrogens with one attached hydrogen (secondary N) is 1. The van der Waals surface area contributed by atoms with Gasteiger partial charge in [-0.05, 0) is 42.0 Å². The molecule has 22 heavy (non-hydrogen) atoms. The van der Waals surface area contributed by atoms with Crippen molar-refractivity contribution in [1.29, 1.82) is 5.26 Å². The number of sulfonamides is 1. The molecule has 1 aliphatic carbocycles. The van der Waals surface area contributed by atoms with Gasteiger partial charge in [-0.25, -0.2) is 13.1 Å². The van der Waals surface area contributed by atoms with Gasteiger partial charge < -0.3 is 0 Å². The molecule has 1 saturated carbocycles. The fourth-order valence-electron chi connectivity index (χ4n) is 2.18. The van der Waals surface area contributed by atoms with Crippen molar-refractivity contribution in [2.75, 3.05) is 0 Å². The van der Waals surface area contributed by atoms with E-state index in [-0.39, 0.29) is 10.5 Å². The largest absolute Gasteiger partial charge is 0.268 e. The first-order valence-corrected chi connectivity index (χ1v) is 9.01. The molecule has 112 valence electrons. The number of benzene rings is 1. The van der Waals surface area contributed by atoms with E-state index < -0.39 is 21.3 Å². The minimum atomic E-state index is -3.84. The molecule has 0 unspecified atom stereocenters.